The predicted molar refractivity (Wildman–Crippen MR) is 123 cm³/mol. The van der Waals surface area contributed by atoms with Gasteiger partial charge in [-0.05, 0) is 37.2 Å². The highest BCUT2D eigenvalue weighted by atomic mass is 127. The number of methoxy groups -OCH3 is 1. The number of nitrogens with one attached hydrogen (secondary N) is 2. The lowest BCUT2D eigenvalue weighted by atomic mass is 9.83. The normalized spacial score (nSPS) is 17.2. The van der Waals surface area contributed by atoms with Gasteiger partial charge in [-0.3, -0.25) is 4.99 Å². The molecule has 1 aromatic carbocycles. The summed E-state index contributed by atoms with van der Waals surface area (Å²) in [6.07, 6.45) is 6.33. The van der Waals surface area contributed by atoms with Crippen LogP contribution in [0.4, 0.5) is 0 Å². The average molecular weight is 489 g/mol. The van der Waals surface area contributed by atoms with Crippen LogP contribution in [0.3, 0.4) is 0 Å². The van der Waals surface area contributed by atoms with Crippen LogP contribution in [0.2, 0.25) is 0 Å². The van der Waals surface area contributed by atoms with Gasteiger partial charge in [-0.1, -0.05) is 43.2 Å². The lowest BCUT2D eigenvalue weighted by molar-refractivity contribution is 0.141. The van der Waals surface area contributed by atoms with Crippen molar-refractivity contribution in [3.63, 3.8) is 0 Å². The fourth-order valence-corrected chi connectivity index (χ4v) is 3.69. The first-order valence-electron chi connectivity index (χ1n) is 9.90. The van der Waals surface area contributed by atoms with E-state index in [-0.39, 0.29) is 29.4 Å². The number of benzene rings is 1. The number of hydrogen-bond donors (Lipinski definition) is 3. The van der Waals surface area contributed by atoms with Crippen LogP contribution in [0.1, 0.15) is 44.6 Å². The molecule has 0 aliphatic heterocycles. The van der Waals surface area contributed by atoms with Gasteiger partial charge in [0.15, 0.2) is 5.96 Å². The molecule has 0 heterocycles. The van der Waals surface area contributed by atoms with Crippen LogP contribution in [0.5, 0.6) is 0 Å². The predicted octanol–water partition coefficient (Wildman–Crippen LogP) is 3.36. The molecule has 154 valence electrons. The second-order valence-corrected chi connectivity index (χ2v) is 7.37. The monoisotopic (exact) mass is 489 g/mol. The van der Waals surface area contributed by atoms with E-state index in [2.05, 4.69) is 17.6 Å². The fourth-order valence-electron chi connectivity index (χ4n) is 3.69. The van der Waals surface area contributed by atoms with E-state index in [1.807, 2.05) is 30.3 Å². The summed E-state index contributed by atoms with van der Waals surface area (Å²) in [5.41, 5.74) is 1.43. The summed E-state index contributed by atoms with van der Waals surface area (Å²) < 4.78 is 5.31. The number of halogens is 1. The Bertz CT molecular complexity index is 533. The van der Waals surface area contributed by atoms with Crippen LogP contribution in [0.15, 0.2) is 35.3 Å². The zero-order chi connectivity index (χ0) is 18.7. The average Bonchev–Trinajstić information content (AvgIpc) is 3.12. The van der Waals surface area contributed by atoms with Gasteiger partial charge in [-0.15, -0.1) is 24.0 Å². The first-order valence-corrected chi connectivity index (χ1v) is 9.90. The van der Waals surface area contributed by atoms with Crippen molar-refractivity contribution >= 4 is 29.9 Å². The second-order valence-electron chi connectivity index (χ2n) is 7.37. The molecule has 0 bridgehead atoms. The summed E-state index contributed by atoms with van der Waals surface area (Å²) in [6.45, 7) is 4.99. The van der Waals surface area contributed by atoms with Crippen molar-refractivity contribution in [3.8, 4) is 0 Å². The van der Waals surface area contributed by atoms with Gasteiger partial charge in [-0.2, -0.15) is 0 Å². The van der Waals surface area contributed by atoms with Gasteiger partial charge in [-0.25, -0.2) is 0 Å². The summed E-state index contributed by atoms with van der Waals surface area (Å²) >= 11 is 0. The quantitative estimate of drug-likeness (QED) is 0.268. The second kappa shape index (κ2) is 13.3. The van der Waals surface area contributed by atoms with Crippen molar-refractivity contribution in [2.24, 2.45) is 10.4 Å². The molecular formula is C21H36IN3O2. The van der Waals surface area contributed by atoms with Gasteiger partial charge in [0.25, 0.3) is 0 Å². The Morgan fingerprint density at radius 3 is 2.56 bits per heavy atom. The van der Waals surface area contributed by atoms with Gasteiger partial charge in [0.1, 0.15) is 0 Å². The topological polar surface area (TPSA) is 65.9 Å². The molecule has 1 atom stereocenters. The van der Waals surface area contributed by atoms with Crippen molar-refractivity contribution in [1.29, 1.82) is 0 Å². The fraction of sp³-hybridized carbons (Fsp3) is 0.667. The molecule has 0 saturated heterocycles. The zero-order valence-electron chi connectivity index (χ0n) is 16.7. The summed E-state index contributed by atoms with van der Waals surface area (Å²) in [5.74, 6) is 0.795. The maximum absolute atomic E-state index is 10.3. The Balaban J connectivity index is 0.00000364. The van der Waals surface area contributed by atoms with E-state index in [1.54, 1.807) is 7.11 Å². The third kappa shape index (κ3) is 8.79. The number of aliphatic hydroxyl groups is 1. The van der Waals surface area contributed by atoms with Crippen LogP contribution < -0.4 is 10.6 Å². The summed E-state index contributed by atoms with van der Waals surface area (Å²) in [6, 6.07) is 10.1. The van der Waals surface area contributed by atoms with E-state index in [0.29, 0.717) is 13.0 Å². The number of aliphatic hydroxyl groups excluding tert-OH is 1. The third-order valence-corrected chi connectivity index (χ3v) is 5.24. The van der Waals surface area contributed by atoms with Crippen LogP contribution in [-0.4, -0.2) is 50.5 Å². The Kier molecular flexibility index (Phi) is 11.9. The number of aliphatic imine (C=N–C) groups is 1. The van der Waals surface area contributed by atoms with Crippen molar-refractivity contribution in [2.75, 3.05) is 33.4 Å². The molecule has 1 saturated carbocycles. The Morgan fingerprint density at radius 1 is 1.22 bits per heavy atom. The van der Waals surface area contributed by atoms with Crippen LogP contribution >= 0.6 is 24.0 Å². The number of rotatable bonds is 10. The maximum Gasteiger partial charge on any atom is 0.191 e. The summed E-state index contributed by atoms with van der Waals surface area (Å²) in [7, 11) is 1.77. The SMILES string of the molecule is CCNC(=NCC1(CCOC)CCCC1)NCC(O)Cc1ccccc1.I. The largest absolute Gasteiger partial charge is 0.391 e. The molecular weight excluding hydrogens is 453 g/mol. The molecule has 1 aromatic rings. The lowest BCUT2D eigenvalue weighted by Gasteiger charge is -2.27. The minimum atomic E-state index is -0.435. The van der Waals surface area contributed by atoms with Crippen LogP contribution in [-0.2, 0) is 11.2 Å². The number of nitrogens with zero attached hydrogens (tertiary/aromatic N) is 1. The molecule has 1 unspecified atom stereocenters. The van der Waals surface area contributed by atoms with Crippen LogP contribution in [0.25, 0.3) is 0 Å². The van der Waals surface area contributed by atoms with Gasteiger partial charge in [0.05, 0.1) is 6.10 Å². The molecule has 1 aliphatic carbocycles. The first kappa shape index (κ1) is 24.2. The van der Waals surface area contributed by atoms with Crippen molar-refractivity contribution in [1.82, 2.24) is 10.6 Å². The summed E-state index contributed by atoms with van der Waals surface area (Å²) in [5, 5.41) is 16.9. The zero-order valence-corrected chi connectivity index (χ0v) is 19.1. The Labute approximate surface area is 181 Å². The molecule has 3 N–H and O–H groups in total. The highest BCUT2D eigenvalue weighted by molar-refractivity contribution is 14.0. The Hall–Kier alpha value is -0.860. The molecule has 2 rings (SSSR count). The first-order chi connectivity index (χ1) is 12.7. The molecule has 27 heavy (non-hydrogen) atoms. The minimum absolute atomic E-state index is 0. The molecule has 0 amide bonds. The standard InChI is InChI=1S/C21H35N3O2.HI/c1-3-22-20(23-16-19(25)15-18-9-5-4-6-10-18)24-17-21(13-14-26-2)11-7-8-12-21;/h4-6,9-10,19,25H,3,7-8,11-17H2,1-2H3,(H2,22,23,24);1H. The molecule has 1 aliphatic rings. The lowest BCUT2D eigenvalue weighted by Crippen LogP contribution is -2.42. The van der Waals surface area contributed by atoms with Crippen molar-refractivity contribution in [3.05, 3.63) is 35.9 Å². The molecule has 6 heteroatoms. The van der Waals surface area contributed by atoms with E-state index in [9.17, 15) is 5.11 Å². The molecule has 1 fully saturated rings. The van der Waals surface area contributed by atoms with Crippen molar-refractivity contribution in [2.45, 2.75) is 51.6 Å². The molecule has 0 aromatic heterocycles. The Morgan fingerprint density at radius 2 is 1.93 bits per heavy atom. The van der Waals surface area contributed by atoms with Gasteiger partial charge < -0.3 is 20.5 Å². The minimum Gasteiger partial charge on any atom is -0.391 e. The van der Waals surface area contributed by atoms with E-state index in [1.165, 1.54) is 25.7 Å². The number of hydrogen-bond acceptors (Lipinski definition) is 3. The van der Waals surface area contributed by atoms with E-state index >= 15 is 0 Å². The van der Waals surface area contributed by atoms with E-state index in [0.717, 1.165) is 37.6 Å². The number of ether oxygens (including phenoxy) is 1. The van der Waals surface area contributed by atoms with Gasteiger partial charge in [0, 0.05) is 39.8 Å². The van der Waals surface area contributed by atoms with E-state index < -0.39 is 6.10 Å². The van der Waals surface area contributed by atoms with E-state index in [4.69, 9.17) is 9.73 Å². The third-order valence-electron chi connectivity index (χ3n) is 5.24. The molecule has 5 nitrogen and oxygen atoms in total. The smallest absolute Gasteiger partial charge is 0.191 e. The molecule has 0 radical (unpaired) electrons. The van der Waals surface area contributed by atoms with Crippen molar-refractivity contribution < 1.29 is 9.84 Å². The highest BCUT2D eigenvalue weighted by Gasteiger charge is 2.33. The number of guanidine groups is 1. The maximum atomic E-state index is 10.3. The van der Waals surface area contributed by atoms with Gasteiger partial charge >= 0.3 is 0 Å². The summed E-state index contributed by atoms with van der Waals surface area (Å²) in [4.78, 5) is 4.83. The highest BCUT2D eigenvalue weighted by Crippen LogP contribution is 2.41. The van der Waals surface area contributed by atoms with Gasteiger partial charge in [0.2, 0.25) is 0 Å². The molecule has 0 spiro atoms. The van der Waals surface area contributed by atoms with Crippen LogP contribution in [0, 0.1) is 5.41 Å².